The summed E-state index contributed by atoms with van der Waals surface area (Å²) in [5.74, 6) is 0. The van der Waals surface area contributed by atoms with Gasteiger partial charge in [-0.25, -0.2) is 0 Å². The molecule has 0 aliphatic heterocycles. The van der Waals surface area contributed by atoms with Gasteiger partial charge in [-0.1, -0.05) is 13.3 Å². The Morgan fingerprint density at radius 1 is 1.33 bits per heavy atom. The van der Waals surface area contributed by atoms with Gasteiger partial charge in [0, 0.05) is 9.13 Å². The maximum absolute atomic E-state index is 9.39. The molecule has 72 valence electrons. The molecule has 0 amide bonds. The molecule has 4 N–H and O–H groups in total. The van der Waals surface area contributed by atoms with Crippen LogP contribution >= 0.6 is 16.5 Å². The van der Waals surface area contributed by atoms with Crippen LogP contribution in [-0.4, -0.2) is 16.3 Å². The van der Waals surface area contributed by atoms with Crippen molar-refractivity contribution >= 4 is 16.5 Å². The maximum atomic E-state index is 9.39. The molecule has 0 radical (unpaired) electrons. The Bertz CT molecular complexity index is 127. The van der Waals surface area contributed by atoms with Gasteiger partial charge in [0.1, 0.15) is 0 Å². The van der Waals surface area contributed by atoms with E-state index in [-0.39, 0.29) is 0 Å². The molecule has 0 aromatic heterocycles. The predicted octanol–water partition coefficient (Wildman–Crippen LogP) is 1.05. The lowest BCUT2D eigenvalue weighted by Gasteiger charge is -1.80. The zero-order chi connectivity index (χ0) is 9.98. The summed E-state index contributed by atoms with van der Waals surface area (Å²) in [6.45, 7) is 2.98. The van der Waals surface area contributed by atoms with Gasteiger partial charge in [-0.3, -0.25) is 0 Å². The number of unbranched alkanes of at least 4 members (excludes halogenated alkanes) is 1. The Balaban J connectivity index is 0. The molecule has 0 saturated heterocycles. The van der Waals surface area contributed by atoms with Gasteiger partial charge in [-0.05, 0) is 13.0 Å². The van der Waals surface area contributed by atoms with Crippen molar-refractivity contribution < 1.29 is 23.2 Å². The van der Waals surface area contributed by atoms with E-state index in [1.165, 1.54) is 12.8 Å². The number of hydrogen-bond donors (Lipinski definition) is 3. The summed E-state index contributed by atoms with van der Waals surface area (Å²) in [6.07, 6.45) is 2.39. The molecule has 2 unspecified atom stereocenters. The first-order chi connectivity index (χ1) is 5.54. The van der Waals surface area contributed by atoms with Crippen molar-refractivity contribution in [2.24, 2.45) is 5.73 Å². The van der Waals surface area contributed by atoms with Gasteiger partial charge in [0.25, 0.3) is 0 Å². The van der Waals surface area contributed by atoms with Crippen molar-refractivity contribution in [3.8, 4) is 0 Å². The van der Waals surface area contributed by atoms with Crippen molar-refractivity contribution in [2.45, 2.75) is 19.8 Å². The fourth-order valence-electron chi connectivity index (χ4n) is 0.264. The summed E-state index contributed by atoms with van der Waals surface area (Å²) in [5, 5.41) is 0. The zero-order valence-corrected chi connectivity index (χ0v) is 8.50. The van der Waals surface area contributed by atoms with Crippen LogP contribution < -0.4 is 5.73 Å². The minimum Gasteiger partial charge on any atom is -0.330 e. The second-order valence-electron chi connectivity index (χ2n) is 1.70. The Morgan fingerprint density at radius 2 is 1.75 bits per heavy atom. The quantitative estimate of drug-likeness (QED) is 0.607. The van der Waals surface area contributed by atoms with E-state index in [1.807, 2.05) is 0 Å². The molecule has 0 fully saturated rings. The molecule has 2 atom stereocenters. The van der Waals surface area contributed by atoms with Crippen LogP contribution in [0.15, 0.2) is 0 Å². The molecule has 0 aliphatic rings. The Kier molecular flexibility index (Phi) is 13.4. The molecule has 0 bridgehead atoms. The first kappa shape index (κ1) is 14.6. The molecule has 0 rings (SSSR count). The van der Waals surface area contributed by atoms with Crippen LogP contribution in [0.2, 0.25) is 0 Å². The Morgan fingerprint density at radius 3 is 1.75 bits per heavy atom. The van der Waals surface area contributed by atoms with Crippen molar-refractivity contribution in [1.29, 1.82) is 0 Å². The summed E-state index contributed by atoms with van der Waals surface area (Å²) < 4.78 is 22.2. The van der Waals surface area contributed by atoms with Crippen molar-refractivity contribution in [3.63, 3.8) is 0 Å². The lowest BCUT2D eigenvalue weighted by Crippen LogP contribution is -1.95. The first-order valence-corrected chi connectivity index (χ1v) is 5.51. The van der Waals surface area contributed by atoms with E-state index < -0.39 is 16.5 Å². The van der Waals surface area contributed by atoms with Crippen molar-refractivity contribution in [1.82, 2.24) is 0 Å². The molecule has 8 heteroatoms. The van der Waals surface area contributed by atoms with Crippen LogP contribution in [0.1, 0.15) is 19.8 Å². The molecule has 0 aromatic carbocycles. The number of nitrogens with two attached hydrogens (primary N) is 1. The number of hydrogen-bond acceptors (Lipinski definition) is 4. The highest BCUT2D eigenvalue weighted by molar-refractivity contribution is 7.46. The van der Waals surface area contributed by atoms with Gasteiger partial charge in [0.15, 0.2) is 4.31 Å². The molecule has 0 saturated carbocycles. The lowest BCUT2D eigenvalue weighted by atomic mass is 10.3. The van der Waals surface area contributed by atoms with Crippen LogP contribution in [0.4, 0.5) is 0 Å². The van der Waals surface area contributed by atoms with Gasteiger partial charge in [-0.2, -0.15) is 0 Å². The molecule has 6 nitrogen and oxygen atoms in total. The standard InChI is InChI=1S/C4H11N.O5P2/c1-2-3-4-5;1-6(2)5-7(3)4/h2-5H2,1H3;/p+2. The Labute approximate surface area is 72.6 Å². The highest BCUT2D eigenvalue weighted by atomic mass is 31.2. The largest absolute Gasteiger partial charge is 0.745 e. The summed E-state index contributed by atoms with van der Waals surface area (Å²) >= 11 is 0. The van der Waals surface area contributed by atoms with Crippen LogP contribution in [0.25, 0.3) is 0 Å². The summed E-state index contributed by atoms with van der Waals surface area (Å²) in [4.78, 5) is 15.3. The molecule has 12 heavy (non-hydrogen) atoms. The van der Waals surface area contributed by atoms with E-state index >= 15 is 0 Å². The average Bonchev–Trinajstić information content (AvgIpc) is 1.87. The van der Waals surface area contributed by atoms with Gasteiger partial charge in [0.2, 0.25) is 0 Å². The molecular weight excluding hydrogens is 204 g/mol. The first-order valence-electron chi connectivity index (χ1n) is 3.25. The van der Waals surface area contributed by atoms with Crippen molar-refractivity contribution in [3.05, 3.63) is 0 Å². The molecular formula is C4H13NO5P2+2. The highest BCUT2D eigenvalue weighted by Gasteiger charge is 2.31. The van der Waals surface area contributed by atoms with E-state index in [1.54, 1.807) is 0 Å². The molecule has 0 aromatic rings. The normalized spacial score (nSPS) is 11.3. The van der Waals surface area contributed by atoms with Crippen molar-refractivity contribution in [2.75, 3.05) is 6.54 Å². The summed E-state index contributed by atoms with van der Waals surface area (Å²) in [7, 11) is -5.85. The monoisotopic (exact) mass is 217 g/mol. The van der Waals surface area contributed by atoms with Gasteiger partial charge in [-0.15, -0.1) is 9.79 Å². The average molecular weight is 217 g/mol. The molecule has 0 heterocycles. The third-order valence-corrected chi connectivity index (χ3v) is 1.81. The van der Waals surface area contributed by atoms with E-state index in [0.29, 0.717) is 0 Å². The van der Waals surface area contributed by atoms with Crippen LogP contribution in [0, 0.1) is 0 Å². The van der Waals surface area contributed by atoms with Gasteiger partial charge >= 0.3 is 16.5 Å². The smallest absolute Gasteiger partial charge is 0.330 e. The highest BCUT2D eigenvalue weighted by Crippen LogP contribution is 2.30. The van der Waals surface area contributed by atoms with Crippen LogP contribution in [0.5, 0.6) is 0 Å². The second kappa shape index (κ2) is 11.0. The fourth-order valence-corrected chi connectivity index (χ4v) is 0.742. The maximum Gasteiger partial charge on any atom is 0.745 e. The zero-order valence-electron chi connectivity index (χ0n) is 6.71. The minimum atomic E-state index is -2.92. The third-order valence-electron chi connectivity index (χ3n) is 0.697. The number of rotatable bonds is 4. The topological polar surface area (TPSA) is 110 Å². The minimum absolute atomic E-state index is 0.844. The molecule has 0 aliphatic carbocycles. The molecule has 0 spiro atoms. The third kappa shape index (κ3) is 22.5. The van der Waals surface area contributed by atoms with Crippen LogP contribution in [-0.2, 0) is 13.4 Å². The van der Waals surface area contributed by atoms with E-state index in [4.69, 9.17) is 15.5 Å². The van der Waals surface area contributed by atoms with E-state index in [0.717, 1.165) is 6.54 Å². The Hall–Kier alpha value is 0.0400. The van der Waals surface area contributed by atoms with E-state index in [9.17, 15) is 9.13 Å². The summed E-state index contributed by atoms with van der Waals surface area (Å²) in [5.41, 5.74) is 5.14. The van der Waals surface area contributed by atoms with Gasteiger partial charge in [0.05, 0.1) is 0 Å². The second-order valence-corrected chi connectivity index (χ2v) is 3.30. The van der Waals surface area contributed by atoms with Crippen LogP contribution in [0.3, 0.4) is 0 Å². The summed E-state index contributed by atoms with van der Waals surface area (Å²) in [6, 6.07) is 0. The lowest BCUT2D eigenvalue weighted by molar-refractivity contribution is 0.371. The van der Waals surface area contributed by atoms with Gasteiger partial charge < -0.3 is 5.73 Å². The van der Waals surface area contributed by atoms with E-state index in [2.05, 4.69) is 11.2 Å². The fraction of sp³-hybridized carbons (Fsp3) is 1.00. The predicted molar refractivity (Wildman–Crippen MR) is 44.7 cm³/mol. The SMILES string of the molecule is CCCCN.O=[P+](O)O[P+](=O)O.